The van der Waals surface area contributed by atoms with Crippen molar-refractivity contribution in [3.05, 3.63) is 23.2 Å². The molecular formula is C12H17ClN2O. The van der Waals surface area contributed by atoms with E-state index < -0.39 is 0 Å². The lowest BCUT2D eigenvalue weighted by atomic mass is 10.1. The van der Waals surface area contributed by atoms with Gasteiger partial charge in [0.2, 0.25) is 0 Å². The number of halogens is 1. The molecule has 88 valence electrons. The predicted molar refractivity (Wildman–Crippen MR) is 67.7 cm³/mol. The fraction of sp³-hybridized carbons (Fsp3) is 0.500. The van der Waals surface area contributed by atoms with Crippen LogP contribution in [0, 0.1) is 5.92 Å². The molecule has 1 fully saturated rings. The summed E-state index contributed by atoms with van der Waals surface area (Å²) in [6.07, 6.45) is 2.95. The summed E-state index contributed by atoms with van der Waals surface area (Å²) in [7, 11) is 0. The highest BCUT2D eigenvalue weighted by molar-refractivity contribution is 6.31. The van der Waals surface area contributed by atoms with Crippen molar-refractivity contribution in [2.75, 3.05) is 17.6 Å². The first-order chi connectivity index (χ1) is 7.66. The molecule has 1 aliphatic carbocycles. The van der Waals surface area contributed by atoms with Crippen LogP contribution in [0.4, 0.5) is 11.4 Å². The Labute approximate surface area is 101 Å². The molecule has 0 heterocycles. The minimum absolute atomic E-state index is 0.166. The maximum atomic E-state index is 9.69. The minimum atomic E-state index is -0.166. The number of nitrogen functional groups attached to an aromatic ring is 1. The number of benzene rings is 1. The van der Waals surface area contributed by atoms with Crippen LogP contribution in [0.3, 0.4) is 0 Å². The molecule has 4 N–H and O–H groups in total. The molecular weight excluding hydrogens is 224 g/mol. The van der Waals surface area contributed by atoms with Crippen LogP contribution in [0.15, 0.2) is 18.2 Å². The Morgan fingerprint density at radius 3 is 2.88 bits per heavy atom. The molecule has 1 aromatic carbocycles. The van der Waals surface area contributed by atoms with Gasteiger partial charge in [0.05, 0.1) is 17.5 Å². The summed E-state index contributed by atoms with van der Waals surface area (Å²) in [5, 5.41) is 13.6. The van der Waals surface area contributed by atoms with Gasteiger partial charge in [0.1, 0.15) is 0 Å². The molecule has 0 amide bonds. The van der Waals surface area contributed by atoms with Gasteiger partial charge in [0, 0.05) is 17.5 Å². The van der Waals surface area contributed by atoms with Gasteiger partial charge in [-0.3, -0.25) is 0 Å². The summed E-state index contributed by atoms with van der Waals surface area (Å²) in [5.74, 6) is 0.343. The third-order valence-electron chi connectivity index (χ3n) is 3.19. The summed E-state index contributed by atoms with van der Waals surface area (Å²) in [6, 6.07) is 5.42. The molecule has 1 saturated carbocycles. The average molecular weight is 241 g/mol. The van der Waals surface area contributed by atoms with Crippen LogP contribution in [-0.4, -0.2) is 17.8 Å². The van der Waals surface area contributed by atoms with Crippen LogP contribution in [0.2, 0.25) is 5.02 Å². The highest BCUT2D eigenvalue weighted by Crippen LogP contribution is 2.27. The number of hydrogen-bond acceptors (Lipinski definition) is 3. The van der Waals surface area contributed by atoms with Crippen molar-refractivity contribution < 1.29 is 5.11 Å². The van der Waals surface area contributed by atoms with Crippen LogP contribution >= 0.6 is 11.6 Å². The third-order valence-corrected chi connectivity index (χ3v) is 3.42. The summed E-state index contributed by atoms with van der Waals surface area (Å²) in [6.45, 7) is 0.771. The Morgan fingerprint density at radius 2 is 2.25 bits per heavy atom. The first kappa shape index (κ1) is 11.6. The van der Waals surface area contributed by atoms with Gasteiger partial charge in [-0.05, 0) is 31.0 Å². The topological polar surface area (TPSA) is 58.3 Å². The molecule has 2 unspecified atom stereocenters. The van der Waals surface area contributed by atoms with Gasteiger partial charge < -0.3 is 16.2 Å². The number of hydrogen-bond donors (Lipinski definition) is 3. The summed E-state index contributed by atoms with van der Waals surface area (Å²) < 4.78 is 0. The van der Waals surface area contributed by atoms with Crippen molar-refractivity contribution in [1.82, 2.24) is 0 Å². The lowest BCUT2D eigenvalue weighted by Crippen LogP contribution is -2.22. The standard InChI is InChI=1S/C12H17ClN2O/c13-9-4-5-11(10(14)6-9)15-7-8-2-1-3-12(8)16/h4-6,8,12,15-16H,1-3,7,14H2. The number of rotatable bonds is 3. The zero-order valence-electron chi connectivity index (χ0n) is 9.12. The zero-order chi connectivity index (χ0) is 11.5. The highest BCUT2D eigenvalue weighted by Gasteiger charge is 2.24. The molecule has 1 aliphatic rings. The molecule has 0 aromatic heterocycles. The van der Waals surface area contributed by atoms with Gasteiger partial charge in [-0.15, -0.1) is 0 Å². The van der Waals surface area contributed by atoms with E-state index in [4.69, 9.17) is 17.3 Å². The zero-order valence-corrected chi connectivity index (χ0v) is 9.87. The normalized spacial score (nSPS) is 24.6. The number of aliphatic hydroxyl groups is 1. The molecule has 3 nitrogen and oxygen atoms in total. The second-order valence-corrected chi connectivity index (χ2v) is 4.81. The van der Waals surface area contributed by atoms with Gasteiger partial charge in [-0.2, -0.15) is 0 Å². The molecule has 2 atom stereocenters. The highest BCUT2D eigenvalue weighted by atomic mass is 35.5. The van der Waals surface area contributed by atoms with Crippen molar-refractivity contribution in [1.29, 1.82) is 0 Å². The summed E-state index contributed by atoms with van der Waals surface area (Å²) in [5.41, 5.74) is 7.38. The van der Waals surface area contributed by atoms with E-state index >= 15 is 0 Å². The fourth-order valence-electron chi connectivity index (χ4n) is 2.19. The molecule has 0 bridgehead atoms. The summed E-state index contributed by atoms with van der Waals surface area (Å²) >= 11 is 5.82. The largest absolute Gasteiger partial charge is 0.397 e. The van der Waals surface area contributed by atoms with Crippen LogP contribution in [-0.2, 0) is 0 Å². The van der Waals surface area contributed by atoms with Crippen molar-refractivity contribution in [2.45, 2.75) is 25.4 Å². The van der Waals surface area contributed by atoms with Crippen molar-refractivity contribution >= 4 is 23.0 Å². The summed E-state index contributed by atoms with van der Waals surface area (Å²) in [4.78, 5) is 0. The molecule has 0 aliphatic heterocycles. The molecule has 2 rings (SSSR count). The lowest BCUT2D eigenvalue weighted by molar-refractivity contribution is 0.138. The van der Waals surface area contributed by atoms with E-state index in [1.54, 1.807) is 6.07 Å². The maximum Gasteiger partial charge on any atom is 0.0585 e. The molecule has 0 saturated heterocycles. The van der Waals surface area contributed by atoms with Gasteiger partial charge in [-0.1, -0.05) is 18.0 Å². The molecule has 0 spiro atoms. The Kier molecular flexibility index (Phi) is 3.56. The van der Waals surface area contributed by atoms with Crippen LogP contribution in [0.1, 0.15) is 19.3 Å². The monoisotopic (exact) mass is 240 g/mol. The predicted octanol–water partition coefficient (Wildman–Crippen LogP) is 2.50. The second kappa shape index (κ2) is 4.93. The fourth-order valence-corrected chi connectivity index (χ4v) is 2.37. The number of nitrogens with one attached hydrogen (secondary N) is 1. The third kappa shape index (κ3) is 2.60. The van der Waals surface area contributed by atoms with E-state index in [0.717, 1.165) is 31.5 Å². The van der Waals surface area contributed by atoms with E-state index in [9.17, 15) is 5.11 Å². The Morgan fingerprint density at radius 1 is 1.44 bits per heavy atom. The molecule has 16 heavy (non-hydrogen) atoms. The van der Waals surface area contributed by atoms with Gasteiger partial charge in [0.15, 0.2) is 0 Å². The smallest absolute Gasteiger partial charge is 0.0585 e. The molecule has 4 heteroatoms. The van der Waals surface area contributed by atoms with Crippen LogP contribution in [0.5, 0.6) is 0 Å². The Hall–Kier alpha value is -0.930. The first-order valence-electron chi connectivity index (χ1n) is 5.64. The van der Waals surface area contributed by atoms with E-state index in [-0.39, 0.29) is 6.10 Å². The van der Waals surface area contributed by atoms with Crippen molar-refractivity contribution in [3.8, 4) is 0 Å². The average Bonchev–Trinajstić information content (AvgIpc) is 2.63. The van der Waals surface area contributed by atoms with E-state index in [1.807, 2.05) is 12.1 Å². The Balaban J connectivity index is 1.94. The quantitative estimate of drug-likeness (QED) is 0.712. The van der Waals surface area contributed by atoms with Gasteiger partial charge in [0.25, 0.3) is 0 Å². The number of nitrogens with two attached hydrogens (primary N) is 1. The van der Waals surface area contributed by atoms with E-state index in [2.05, 4.69) is 5.32 Å². The minimum Gasteiger partial charge on any atom is -0.397 e. The van der Waals surface area contributed by atoms with E-state index in [0.29, 0.717) is 16.6 Å². The first-order valence-corrected chi connectivity index (χ1v) is 6.01. The van der Waals surface area contributed by atoms with Crippen LogP contribution < -0.4 is 11.1 Å². The maximum absolute atomic E-state index is 9.69. The van der Waals surface area contributed by atoms with Crippen molar-refractivity contribution in [3.63, 3.8) is 0 Å². The lowest BCUT2D eigenvalue weighted by Gasteiger charge is -2.17. The SMILES string of the molecule is Nc1cc(Cl)ccc1NCC1CCCC1O. The van der Waals surface area contributed by atoms with Gasteiger partial charge >= 0.3 is 0 Å². The van der Waals surface area contributed by atoms with Crippen LogP contribution in [0.25, 0.3) is 0 Å². The van der Waals surface area contributed by atoms with Gasteiger partial charge in [-0.25, -0.2) is 0 Å². The van der Waals surface area contributed by atoms with Crippen molar-refractivity contribution in [2.24, 2.45) is 5.92 Å². The second-order valence-electron chi connectivity index (χ2n) is 4.37. The number of aliphatic hydroxyl groups excluding tert-OH is 1. The Bertz CT molecular complexity index is 370. The molecule has 1 aromatic rings. The number of anilines is 2. The van der Waals surface area contributed by atoms with E-state index in [1.165, 1.54) is 0 Å². The molecule has 0 radical (unpaired) electrons.